The highest BCUT2D eigenvalue weighted by molar-refractivity contribution is 7.00. The van der Waals surface area contributed by atoms with Crippen LogP contribution in [0.5, 0.6) is 0 Å². The Morgan fingerprint density at radius 3 is 1.45 bits per heavy atom. The molecule has 0 aromatic heterocycles. The van der Waals surface area contributed by atoms with Crippen molar-refractivity contribution in [2.24, 2.45) is 0 Å². The van der Waals surface area contributed by atoms with Gasteiger partial charge in [-0.3, -0.25) is 0 Å². The summed E-state index contributed by atoms with van der Waals surface area (Å²) in [6.45, 7) is 0. The fourth-order valence-electron chi connectivity index (χ4n) is 7.88. The van der Waals surface area contributed by atoms with Crippen LogP contribution < -0.4 is 31.8 Å². The zero-order valence-corrected chi connectivity index (χ0v) is 24.8. The van der Waals surface area contributed by atoms with Crippen LogP contribution in [0.3, 0.4) is 0 Å². The Balaban J connectivity index is 1.16. The number of nitrogens with zero attached hydrogens (tertiary/aromatic N) is 1. The lowest BCUT2D eigenvalue weighted by atomic mass is 9.47. The molecule has 4 aliphatic rings. The molecule has 0 radical (unpaired) electrons. The maximum absolute atomic E-state index is 15.5. The average Bonchev–Trinajstić information content (AvgIpc) is 3.11. The van der Waals surface area contributed by atoms with Gasteiger partial charge in [0.05, 0.1) is 0 Å². The number of halogens is 2. The van der Waals surface area contributed by atoms with Crippen LogP contribution in [0.4, 0.5) is 20.2 Å². The predicted octanol–water partition coefficient (Wildman–Crippen LogP) is 4.41. The summed E-state index contributed by atoms with van der Waals surface area (Å²) in [6, 6.07) is 37.2. The number of hydrogen-bond donors (Lipinski definition) is 2. The fourth-order valence-corrected chi connectivity index (χ4v) is 7.88. The van der Waals surface area contributed by atoms with Crippen molar-refractivity contribution in [3.8, 4) is 44.5 Å². The fraction of sp³-hybridized carbons (Fsp3) is 0. The second-order valence-corrected chi connectivity index (χ2v) is 12.3. The van der Waals surface area contributed by atoms with E-state index in [4.69, 9.17) is 9.14 Å². The lowest BCUT2D eigenvalue weighted by Crippen LogP contribution is -2.74. The van der Waals surface area contributed by atoms with E-state index in [0.29, 0.717) is 22.3 Å². The molecule has 10 rings (SSSR count). The third kappa shape index (κ3) is 3.85. The minimum Gasteiger partial charge on any atom is -0.450 e. The monoisotopic (exact) mass is 612 g/mol. The number of nitrogens with one attached hydrogen (secondary N) is 1. The van der Waals surface area contributed by atoms with Crippen LogP contribution in [0.2, 0.25) is 0 Å². The normalized spacial score (nSPS) is 14.9. The van der Waals surface area contributed by atoms with Crippen molar-refractivity contribution in [1.29, 1.82) is 0 Å². The Morgan fingerprint density at radius 2 is 0.915 bits per heavy atom. The van der Waals surface area contributed by atoms with E-state index in [9.17, 15) is 5.02 Å². The zero-order chi connectivity index (χ0) is 31.4. The summed E-state index contributed by atoms with van der Waals surface area (Å²) in [5.74, 6) is -0.692. The highest BCUT2D eigenvalue weighted by Gasteiger charge is 2.54. The van der Waals surface area contributed by atoms with Crippen LogP contribution in [0.25, 0.3) is 44.5 Å². The van der Waals surface area contributed by atoms with Gasteiger partial charge in [0.25, 0.3) is 0 Å². The van der Waals surface area contributed by atoms with Gasteiger partial charge in [-0.2, -0.15) is 0 Å². The van der Waals surface area contributed by atoms with Crippen LogP contribution in [-0.4, -0.2) is 33.3 Å². The number of anilines is 2. The van der Waals surface area contributed by atoms with Gasteiger partial charge in [-0.1, -0.05) is 97.1 Å². The molecule has 0 bridgehead atoms. The van der Waals surface area contributed by atoms with Crippen molar-refractivity contribution >= 4 is 61.5 Å². The summed E-state index contributed by atoms with van der Waals surface area (Å²) in [5.41, 5.74) is 10.9. The van der Waals surface area contributed by atoms with Crippen molar-refractivity contribution in [3.63, 3.8) is 0 Å². The van der Waals surface area contributed by atoms with Crippen LogP contribution >= 0.6 is 0 Å². The quantitative estimate of drug-likeness (QED) is 0.284. The average molecular weight is 612 g/mol. The van der Waals surface area contributed by atoms with E-state index in [1.165, 1.54) is 12.1 Å². The molecule has 47 heavy (non-hydrogen) atoms. The molecule has 0 atom stereocenters. The van der Waals surface area contributed by atoms with Gasteiger partial charge < -0.3 is 24.1 Å². The molecule has 0 spiro atoms. The summed E-state index contributed by atoms with van der Waals surface area (Å²) in [7, 11) is -2.88. The van der Waals surface area contributed by atoms with Crippen LogP contribution in [-0.2, 0) is 9.14 Å². The first-order valence-corrected chi connectivity index (χ1v) is 15.6. The highest BCUT2D eigenvalue weighted by atomic mass is 19.1. The van der Waals surface area contributed by atoms with Crippen molar-refractivity contribution in [2.45, 2.75) is 0 Å². The smallest absolute Gasteiger partial charge is 0.450 e. The van der Waals surface area contributed by atoms with Crippen molar-refractivity contribution in [3.05, 3.63) is 133 Å². The van der Waals surface area contributed by atoms with Gasteiger partial charge in [0.1, 0.15) is 11.6 Å². The summed E-state index contributed by atoms with van der Waals surface area (Å²) in [4.78, 5) is 0. The van der Waals surface area contributed by atoms with Crippen LogP contribution in [0, 0.1) is 11.6 Å². The molecule has 5 nitrogen and oxygen atoms in total. The summed E-state index contributed by atoms with van der Waals surface area (Å²) >= 11 is 0. The standard InChI is InChI=1S/C36H22B4F2N2O3/c41-21-17-27-23-9-1-5-13-31(23)37(45)43-35(27)28(18-21)24-10-4-8-16-34(24)40-46-38-32-14-6-2-11-25(32)29-19-22(42)20-30-26-12-3-7-15-33(26)39(47-40)44(38)36(29)30/h1-20,43,45H. The van der Waals surface area contributed by atoms with E-state index >= 15 is 8.78 Å². The topological polar surface area (TPSA) is 54.0 Å². The van der Waals surface area contributed by atoms with E-state index < -0.39 is 34.1 Å². The lowest BCUT2D eigenvalue weighted by Gasteiger charge is -2.49. The number of rotatable bonds is 2. The molecule has 0 saturated carbocycles. The second-order valence-electron chi connectivity index (χ2n) is 12.3. The molecule has 220 valence electrons. The highest BCUT2D eigenvalue weighted by Crippen LogP contribution is 2.47. The van der Waals surface area contributed by atoms with Gasteiger partial charge in [-0.05, 0) is 68.4 Å². The van der Waals surface area contributed by atoms with Gasteiger partial charge in [-0.15, -0.1) is 0 Å². The minimum atomic E-state index is -0.956. The van der Waals surface area contributed by atoms with Crippen molar-refractivity contribution in [1.82, 2.24) is 0 Å². The van der Waals surface area contributed by atoms with Gasteiger partial charge in [0.2, 0.25) is 0 Å². The predicted molar refractivity (Wildman–Crippen MR) is 187 cm³/mol. The molecule has 6 aromatic rings. The van der Waals surface area contributed by atoms with Gasteiger partial charge in [0.15, 0.2) is 0 Å². The van der Waals surface area contributed by atoms with E-state index in [1.807, 2.05) is 97.1 Å². The number of hydrogen-bond acceptors (Lipinski definition) is 5. The molecular weight excluding hydrogens is 590 g/mol. The number of benzene rings is 6. The third-order valence-corrected chi connectivity index (χ3v) is 9.81. The summed E-state index contributed by atoms with van der Waals surface area (Å²) < 4.78 is 46.6. The van der Waals surface area contributed by atoms with Crippen LogP contribution in [0.15, 0.2) is 121 Å². The van der Waals surface area contributed by atoms with E-state index in [0.717, 1.165) is 55.5 Å². The number of fused-ring (bicyclic) bond motifs is 9. The van der Waals surface area contributed by atoms with E-state index in [-0.39, 0.29) is 5.82 Å². The maximum atomic E-state index is 15.5. The molecule has 1 fully saturated rings. The second kappa shape index (κ2) is 9.96. The molecule has 6 aromatic carbocycles. The van der Waals surface area contributed by atoms with Gasteiger partial charge in [-0.25, -0.2) is 8.78 Å². The molecule has 0 amide bonds. The maximum Gasteiger partial charge on any atom is 0.466 e. The van der Waals surface area contributed by atoms with Crippen molar-refractivity contribution in [2.75, 3.05) is 9.95 Å². The molecule has 2 N–H and O–H groups in total. The minimum absolute atomic E-state index is 0.300. The SMILES string of the molecule is OB1Nc2c(cc(F)cc2-c2ccccc2B2OB3c4ccccc4-c4cc(F)cc5c4N3B(O2)c2ccccc2-5)-c2ccccc21. The van der Waals surface area contributed by atoms with Crippen LogP contribution in [0.1, 0.15) is 0 Å². The largest absolute Gasteiger partial charge is 0.466 e. The molecule has 0 aliphatic carbocycles. The van der Waals surface area contributed by atoms with Gasteiger partial charge >= 0.3 is 28.3 Å². The third-order valence-electron chi connectivity index (χ3n) is 9.81. The Kier molecular flexibility index (Phi) is 5.74. The summed E-state index contributed by atoms with van der Waals surface area (Å²) in [5, 5.41) is 14.3. The lowest BCUT2D eigenvalue weighted by molar-refractivity contribution is 0.437. The van der Waals surface area contributed by atoms with Gasteiger partial charge in [0, 0.05) is 33.6 Å². The van der Waals surface area contributed by atoms with E-state index in [2.05, 4.69) is 9.95 Å². The molecule has 1 saturated heterocycles. The molecular formula is C36H22B4F2N2O3. The van der Waals surface area contributed by atoms with E-state index in [1.54, 1.807) is 12.1 Å². The molecule has 11 heteroatoms. The first kappa shape index (κ1) is 27.1. The molecule has 0 unspecified atom stereocenters. The Morgan fingerprint density at radius 1 is 0.511 bits per heavy atom. The Hall–Kier alpha value is -5.08. The molecule has 4 heterocycles. The first-order valence-electron chi connectivity index (χ1n) is 15.6. The molecule has 4 aliphatic heterocycles. The van der Waals surface area contributed by atoms with Crippen molar-refractivity contribution < 1.29 is 22.9 Å². The Labute approximate surface area is 271 Å². The zero-order valence-electron chi connectivity index (χ0n) is 24.8. The first-order chi connectivity index (χ1) is 23.0. The Bertz CT molecular complexity index is 2230. The summed E-state index contributed by atoms with van der Waals surface area (Å²) in [6.07, 6.45) is 0.